The van der Waals surface area contributed by atoms with Gasteiger partial charge in [-0.25, -0.2) is 0 Å². The van der Waals surface area contributed by atoms with Crippen molar-refractivity contribution < 1.29 is 4.74 Å². The third-order valence-electron chi connectivity index (χ3n) is 1.83. The SMILES string of the molecule is CCC(OC)c1ccccc1. The Morgan fingerprint density at radius 3 is 2.36 bits per heavy atom. The number of ether oxygens (including phenoxy) is 1. The highest BCUT2D eigenvalue weighted by molar-refractivity contribution is 5.17. The number of rotatable bonds is 3. The van der Waals surface area contributed by atoms with Crippen LogP contribution in [0.15, 0.2) is 30.3 Å². The molecule has 1 unspecified atom stereocenters. The largest absolute Gasteiger partial charge is 0.377 e. The number of hydrogen-bond acceptors (Lipinski definition) is 1. The second kappa shape index (κ2) is 4.14. The molecule has 0 bridgehead atoms. The quantitative estimate of drug-likeness (QED) is 0.643. The van der Waals surface area contributed by atoms with E-state index in [2.05, 4.69) is 19.1 Å². The smallest absolute Gasteiger partial charge is 0.0818 e. The molecule has 1 aromatic rings. The van der Waals surface area contributed by atoms with Crippen molar-refractivity contribution in [1.82, 2.24) is 0 Å². The minimum atomic E-state index is 0.260. The molecule has 0 fully saturated rings. The zero-order valence-electron chi connectivity index (χ0n) is 7.08. The fourth-order valence-corrected chi connectivity index (χ4v) is 1.21. The molecule has 0 saturated heterocycles. The van der Waals surface area contributed by atoms with E-state index in [1.165, 1.54) is 5.56 Å². The fourth-order valence-electron chi connectivity index (χ4n) is 1.21. The number of benzene rings is 1. The van der Waals surface area contributed by atoms with Gasteiger partial charge in [-0.1, -0.05) is 37.3 Å². The first-order valence-electron chi connectivity index (χ1n) is 3.96. The molecule has 0 aromatic heterocycles. The van der Waals surface area contributed by atoms with E-state index >= 15 is 0 Å². The van der Waals surface area contributed by atoms with E-state index in [1.54, 1.807) is 7.11 Å². The Kier molecular flexibility index (Phi) is 3.12. The summed E-state index contributed by atoms with van der Waals surface area (Å²) in [6, 6.07) is 10.3. The van der Waals surface area contributed by atoms with Crippen LogP contribution < -0.4 is 0 Å². The summed E-state index contributed by atoms with van der Waals surface area (Å²) in [7, 11) is 1.75. The summed E-state index contributed by atoms with van der Waals surface area (Å²) in [6.45, 7) is 2.13. The average molecular weight is 150 g/mol. The van der Waals surface area contributed by atoms with Gasteiger partial charge < -0.3 is 4.74 Å². The standard InChI is InChI=1S/C10H14O/c1-3-10(11-2)9-7-5-4-6-8-9/h4-8,10H,3H2,1-2H3. The molecule has 0 N–H and O–H groups in total. The third kappa shape index (κ3) is 2.05. The second-order valence-corrected chi connectivity index (χ2v) is 2.54. The number of methoxy groups -OCH3 is 1. The summed E-state index contributed by atoms with van der Waals surface area (Å²) in [6.07, 6.45) is 1.29. The molecule has 0 aliphatic heterocycles. The summed E-state index contributed by atoms with van der Waals surface area (Å²) in [5.74, 6) is 0. The molecule has 60 valence electrons. The molecule has 0 saturated carbocycles. The number of hydrogen-bond donors (Lipinski definition) is 0. The lowest BCUT2D eigenvalue weighted by molar-refractivity contribution is 0.100. The lowest BCUT2D eigenvalue weighted by atomic mass is 10.1. The van der Waals surface area contributed by atoms with Crippen molar-refractivity contribution in [3.05, 3.63) is 35.9 Å². The highest BCUT2D eigenvalue weighted by Gasteiger charge is 2.04. The first-order chi connectivity index (χ1) is 5.38. The van der Waals surface area contributed by atoms with Crippen LogP contribution in [0.5, 0.6) is 0 Å². The van der Waals surface area contributed by atoms with Crippen LogP contribution in [0.2, 0.25) is 0 Å². The van der Waals surface area contributed by atoms with E-state index in [9.17, 15) is 0 Å². The highest BCUT2D eigenvalue weighted by atomic mass is 16.5. The van der Waals surface area contributed by atoms with Crippen molar-refractivity contribution in [1.29, 1.82) is 0 Å². The van der Waals surface area contributed by atoms with Gasteiger partial charge >= 0.3 is 0 Å². The van der Waals surface area contributed by atoms with Crippen molar-refractivity contribution in [3.8, 4) is 0 Å². The van der Waals surface area contributed by atoms with Gasteiger partial charge in [0.05, 0.1) is 6.10 Å². The lowest BCUT2D eigenvalue weighted by Gasteiger charge is -2.12. The first kappa shape index (κ1) is 8.28. The minimum Gasteiger partial charge on any atom is -0.377 e. The van der Waals surface area contributed by atoms with Crippen molar-refractivity contribution in [2.24, 2.45) is 0 Å². The van der Waals surface area contributed by atoms with Gasteiger partial charge in [-0.05, 0) is 12.0 Å². The molecule has 0 amide bonds. The van der Waals surface area contributed by atoms with E-state index in [-0.39, 0.29) is 6.10 Å². The van der Waals surface area contributed by atoms with Crippen LogP contribution in [0, 0.1) is 0 Å². The fraction of sp³-hybridized carbons (Fsp3) is 0.400. The second-order valence-electron chi connectivity index (χ2n) is 2.54. The molecule has 1 atom stereocenters. The van der Waals surface area contributed by atoms with E-state index in [4.69, 9.17) is 4.74 Å². The van der Waals surface area contributed by atoms with Gasteiger partial charge in [-0.2, -0.15) is 0 Å². The van der Waals surface area contributed by atoms with Crippen molar-refractivity contribution in [2.75, 3.05) is 7.11 Å². The predicted octanol–water partition coefficient (Wildman–Crippen LogP) is 2.78. The Morgan fingerprint density at radius 2 is 1.91 bits per heavy atom. The van der Waals surface area contributed by atoms with Crippen LogP contribution in [-0.4, -0.2) is 7.11 Å². The summed E-state index contributed by atoms with van der Waals surface area (Å²) in [5, 5.41) is 0. The van der Waals surface area contributed by atoms with Crippen LogP contribution in [0.3, 0.4) is 0 Å². The Hall–Kier alpha value is -0.820. The van der Waals surface area contributed by atoms with Crippen LogP contribution in [0.4, 0.5) is 0 Å². The topological polar surface area (TPSA) is 9.23 Å². The van der Waals surface area contributed by atoms with E-state index in [0.717, 1.165) is 6.42 Å². The van der Waals surface area contributed by atoms with Gasteiger partial charge in [-0.3, -0.25) is 0 Å². The average Bonchev–Trinajstić information content (AvgIpc) is 2.09. The molecule has 1 aromatic carbocycles. The normalized spacial score (nSPS) is 12.9. The van der Waals surface area contributed by atoms with E-state index in [1.807, 2.05) is 18.2 Å². The molecule has 0 heterocycles. The molecule has 0 radical (unpaired) electrons. The Labute approximate surface area is 68.0 Å². The van der Waals surface area contributed by atoms with Crippen molar-refractivity contribution in [2.45, 2.75) is 19.4 Å². The summed E-state index contributed by atoms with van der Waals surface area (Å²) in [4.78, 5) is 0. The Balaban J connectivity index is 2.74. The molecule has 0 aliphatic carbocycles. The van der Waals surface area contributed by atoms with Gasteiger partial charge in [0.15, 0.2) is 0 Å². The molecule has 1 nitrogen and oxygen atoms in total. The Morgan fingerprint density at radius 1 is 1.27 bits per heavy atom. The van der Waals surface area contributed by atoms with Crippen LogP contribution >= 0.6 is 0 Å². The summed E-state index contributed by atoms with van der Waals surface area (Å²) in [5.41, 5.74) is 1.26. The van der Waals surface area contributed by atoms with Gasteiger partial charge in [0.25, 0.3) is 0 Å². The first-order valence-corrected chi connectivity index (χ1v) is 3.96. The molecular formula is C10H14O. The van der Waals surface area contributed by atoms with Crippen LogP contribution in [-0.2, 0) is 4.74 Å². The third-order valence-corrected chi connectivity index (χ3v) is 1.83. The maximum absolute atomic E-state index is 5.29. The van der Waals surface area contributed by atoms with Gasteiger partial charge in [0, 0.05) is 7.11 Å². The Bertz CT molecular complexity index is 189. The molecule has 0 aliphatic rings. The molecular weight excluding hydrogens is 136 g/mol. The van der Waals surface area contributed by atoms with E-state index < -0.39 is 0 Å². The molecule has 1 heteroatoms. The van der Waals surface area contributed by atoms with Crippen LogP contribution in [0.25, 0.3) is 0 Å². The van der Waals surface area contributed by atoms with Crippen molar-refractivity contribution in [3.63, 3.8) is 0 Å². The highest BCUT2D eigenvalue weighted by Crippen LogP contribution is 2.18. The van der Waals surface area contributed by atoms with Gasteiger partial charge in [0.1, 0.15) is 0 Å². The maximum Gasteiger partial charge on any atom is 0.0818 e. The zero-order valence-corrected chi connectivity index (χ0v) is 7.08. The molecule has 11 heavy (non-hydrogen) atoms. The monoisotopic (exact) mass is 150 g/mol. The van der Waals surface area contributed by atoms with Gasteiger partial charge in [0.2, 0.25) is 0 Å². The predicted molar refractivity (Wildman–Crippen MR) is 46.5 cm³/mol. The van der Waals surface area contributed by atoms with E-state index in [0.29, 0.717) is 0 Å². The minimum absolute atomic E-state index is 0.260. The van der Waals surface area contributed by atoms with Gasteiger partial charge in [-0.15, -0.1) is 0 Å². The molecule has 1 rings (SSSR count). The van der Waals surface area contributed by atoms with Crippen molar-refractivity contribution >= 4 is 0 Å². The lowest BCUT2D eigenvalue weighted by Crippen LogP contribution is -1.98. The maximum atomic E-state index is 5.29. The summed E-state index contributed by atoms with van der Waals surface area (Å²) < 4.78 is 5.29. The summed E-state index contributed by atoms with van der Waals surface area (Å²) >= 11 is 0. The van der Waals surface area contributed by atoms with Crippen LogP contribution in [0.1, 0.15) is 25.0 Å². The molecule has 0 spiro atoms. The zero-order chi connectivity index (χ0) is 8.10.